The molecule has 5 nitrogen and oxygen atoms in total. The Morgan fingerprint density at radius 1 is 1.38 bits per heavy atom. The van der Waals surface area contributed by atoms with Gasteiger partial charge in [0.2, 0.25) is 5.91 Å². The topological polar surface area (TPSA) is 55.2 Å². The first kappa shape index (κ1) is 14.1. The minimum Gasteiger partial charge on any atom is -0.341 e. The Balaban J connectivity index is 1.99. The van der Waals surface area contributed by atoms with E-state index in [0.717, 1.165) is 13.0 Å². The molecule has 21 heavy (non-hydrogen) atoms. The van der Waals surface area contributed by atoms with E-state index in [1.54, 1.807) is 22.8 Å². The van der Waals surface area contributed by atoms with Crippen molar-refractivity contribution < 1.29 is 4.79 Å². The second-order valence-electron chi connectivity index (χ2n) is 5.32. The molecule has 0 saturated carbocycles. The first-order chi connectivity index (χ1) is 10.1. The zero-order chi connectivity index (χ0) is 15.0. The normalized spacial score (nSPS) is 18.7. The fraction of sp³-hybridized carbons (Fsp3) is 0.400. The highest BCUT2D eigenvalue weighted by molar-refractivity contribution is 6.31. The summed E-state index contributed by atoms with van der Waals surface area (Å²) in [7, 11) is 0. The van der Waals surface area contributed by atoms with Gasteiger partial charge in [-0.25, -0.2) is 4.98 Å². The van der Waals surface area contributed by atoms with Gasteiger partial charge in [0, 0.05) is 24.5 Å². The van der Waals surface area contributed by atoms with Crippen molar-refractivity contribution in [3.8, 4) is 0 Å². The van der Waals surface area contributed by atoms with Crippen LogP contribution in [0.2, 0.25) is 5.02 Å². The summed E-state index contributed by atoms with van der Waals surface area (Å²) in [4.78, 5) is 30.6. The smallest absolute Gasteiger partial charge is 0.261 e. The number of aromatic nitrogens is 2. The highest BCUT2D eigenvalue weighted by Crippen LogP contribution is 2.22. The summed E-state index contributed by atoms with van der Waals surface area (Å²) in [6, 6.07) is 4.90. The number of hydrogen-bond donors (Lipinski definition) is 0. The molecule has 1 fully saturated rings. The van der Waals surface area contributed by atoms with Crippen molar-refractivity contribution in [1.29, 1.82) is 0 Å². The predicted octanol–water partition coefficient (Wildman–Crippen LogP) is 2.23. The van der Waals surface area contributed by atoms with E-state index in [2.05, 4.69) is 4.98 Å². The minimum absolute atomic E-state index is 0.102. The van der Waals surface area contributed by atoms with Crippen LogP contribution in [-0.4, -0.2) is 33.4 Å². The van der Waals surface area contributed by atoms with Gasteiger partial charge in [-0.05, 0) is 24.6 Å². The number of amides is 1. The van der Waals surface area contributed by atoms with E-state index in [9.17, 15) is 9.59 Å². The molecule has 1 aliphatic heterocycles. The number of fused-ring (bicyclic) bond motifs is 1. The molecule has 1 aliphatic rings. The first-order valence-electron chi connectivity index (χ1n) is 7.04. The average molecular weight is 306 g/mol. The highest BCUT2D eigenvalue weighted by Gasteiger charge is 2.30. The van der Waals surface area contributed by atoms with Gasteiger partial charge in [-0.2, -0.15) is 0 Å². The molecule has 0 bridgehead atoms. The van der Waals surface area contributed by atoms with Crippen molar-refractivity contribution in [2.75, 3.05) is 13.1 Å². The molecule has 1 aromatic heterocycles. The fourth-order valence-electron chi connectivity index (χ4n) is 2.79. The SMILES string of the molecule is CCCN1CC(n2cnc3cc(Cl)ccc3c2=O)CC1=O. The molecule has 0 N–H and O–H groups in total. The molecular weight excluding hydrogens is 290 g/mol. The van der Waals surface area contributed by atoms with E-state index in [1.165, 1.54) is 6.33 Å². The van der Waals surface area contributed by atoms with Gasteiger partial charge in [0.15, 0.2) is 0 Å². The number of benzene rings is 1. The van der Waals surface area contributed by atoms with Crippen molar-refractivity contribution in [2.24, 2.45) is 0 Å². The number of hydrogen-bond acceptors (Lipinski definition) is 3. The van der Waals surface area contributed by atoms with E-state index in [-0.39, 0.29) is 17.5 Å². The molecule has 1 amide bonds. The second-order valence-corrected chi connectivity index (χ2v) is 5.75. The summed E-state index contributed by atoms with van der Waals surface area (Å²) >= 11 is 5.91. The number of nitrogens with zero attached hydrogens (tertiary/aromatic N) is 3. The summed E-state index contributed by atoms with van der Waals surface area (Å²) < 4.78 is 1.57. The average Bonchev–Trinajstić information content (AvgIpc) is 2.80. The lowest BCUT2D eigenvalue weighted by Gasteiger charge is -2.16. The highest BCUT2D eigenvalue weighted by atomic mass is 35.5. The quantitative estimate of drug-likeness (QED) is 0.874. The van der Waals surface area contributed by atoms with Gasteiger partial charge < -0.3 is 4.90 Å². The van der Waals surface area contributed by atoms with Crippen molar-refractivity contribution in [3.05, 3.63) is 39.9 Å². The summed E-state index contributed by atoms with van der Waals surface area (Å²) in [5, 5.41) is 1.08. The van der Waals surface area contributed by atoms with Gasteiger partial charge in [0.05, 0.1) is 23.3 Å². The molecule has 1 atom stereocenters. The Bertz CT molecular complexity index is 756. The second kappa shape index (κ2) is 5.48. The van der Waals surface area contributed by atoms with Crippen molar-refractivity contribution >= 4 is 28.4 Å². The van der Waals surface area contributed by atoms with Crippen LogP contribution in [0.3, 0.4) is 0 Å². The van der Waals surface area contributed by atoms with E-state index in [4.69, 9.17) is 11.6 Å². The maximum atomic E-state index is 12.5. The Morgan fingerprint density at radius 3 is 2.95 bits per heavy atom. The largest absolute Gasteiger partial charge is 0.341 e. The van der Waals surface area contributed by atoms with E-state index in [1.807, 2.05) is 11.8 Å². The summed E-state index contributed by atoms with van der Waals surface area (Å²) in [5.74, 6) is 0.102. The summed E-state index contributed by atoms with van der Waals surface area (Å²) in [5.41, 5.74) is 0.464. The molecule has 0 aliphatic carbocycles. The molecule has 1 aromatic carbocycles. The standard InChI is InChI=1S/C15H16ClN3O2/c1-2-5-18-8-11(7-14(18)20)19-9-17-13-6-10(16)3-4-12(13)15(19)21/h3-4,6,9,11H,2,5,7-8H2,1H3. The molecule has 2 aromatic rings. The number of rotatable bonds is 3. The molecular formula is C15H16ClN3O2. The van der Waals surface area contributed by atoms with E-state index in [0.29, 0.717) is 28.9 Å². The Hall–Kier alpha value is -1.88. The molecule has 1 saturated heterocycles. The van der Waals surface area contributed by atoms with Gasteiger partial charge in [-0.3, -0.25) is 14.2 Å². The van der Waals surface area contributed by atoms with Crippen LogP contribution in [-0.2, 0) is 4.79 Å². The molecule has 6 heteroatoms. The number of carbonyl (C=O) groups excluding carboxylic acids is 1. The zero-order valence-electron chi connectivity index (χ0n) is 11.8. The monoisotopic (exact) mass is 305 g/mol. The van der Waals surface area contributed by atoms with Crippen LogP contribution in [0.15, 0.2) is 29.3 Å². The Kier molecular flexibility index (Phi) is 3.68. The number of carbonyl (C=O) groups is 1. The molecule has 110 valence electrons. The van der Waals surface area contributed by atoms with Crippen LogP contribution >= 0.6 is 11.6 Å². The molecule has 1 unspecified atom stereocenters. The van der Waals surface area contributed by atoms with Crippen LogP contribution < -0.4 is 5.56 Å². The van der Waals surface area contributed by atoms with Crippen LogP contribution in [0.25, 0.3) is 10.9 Å². The maximum Gasteiger partial charge on any atom is 0.261 e. The lowest BCUT2D eigenvalue weighted by Crippen LogP contribution is -2.29. The van der Waals surface area contributed by atoms with Gasteiger partial charge in [-0.15, -0.1) is 0 Å². The third-order valence-corrected chi connectivity index (χ3v) is 4.06. The lowest BCUT2D eigenvalue weighted by molar-refractivity contribution is -0.127. The molecule has 3 rings (SSSR count). The van der Waals surface area contributed by atoms with Crippen molar-refractivity contribution in [1.82, 2.24) is 14.5 Å². The van der Waals surface area contributed by atoms with Gasteiger partial charge in [0.1, 0.15) is 0 Å². The third kappa shape index (κ3) is 2.53. The van der Waals surface area contributed by atoms with Crippen LogP contribution in [0.1, 0.15) is 25.8 Å². The maximum absolute atomic E-state index is 12.5. The Labute approximate surface area is 127 Å². The van der Waals surface area contributed by atoms with E-state index >= 15 is 0 Å². The summed E-state index contributed by atoms with van der Waals surface area (Å²) in [6.07, 6.45) is 2.80. The zero-order valence-corrected chi connectivity index (χ0v) is 12.5. The first-order valence-corrected chi connectivity index (χ1v) is 7.42. The van der Waals surface area contributed by atoms with Crippen LogP contribution in [0, 0.1) is 0 Å². The Morgan fingerprint density at radius 2 is 2.19 bits per heavy atom. The van der Waals surface area contributed by atoms with E-state index < -0.39 is 0 Å². The third-order valence-electron chi connectivity index (χ3n) is 3.83. The van der Waals surface area contributed by atoms with Crippen molar-refractivity contribution in [3.63, 3.8) is 0 Å². The van der Waals surface area contributed by atoms with Gasteiger partial charge >= 0.3 is 0 Å². The molecule has 0 radical (unpaired) electrons. The van der Waals surface area contributed by atoms with Crippen LogP contribution in [0.4, 0.5) is 0 Å². The number of halogens is 1. The van der Waals surface area contributed by atoms with Gasteiger partial charge in [-0.1, -0.05) is 18.5 Å². The summed E-state index contributed by atoms with van der Waals surface area (Å²) in [6.45, 7) is 3.35. The molecule has 0 spiro atoms. The van der Waals surface area contributed by atoms with Crippen LogP contribution in [0.5, 0.6) is 0 Å². The lowest BCUT2D eigenvalue weighted by atomic mass is 10.2. The van der Waals surface area contributed by atoms with Crippen molar-refractivity contribution in [2.45, 2.75) is 25.8 Å². The minimum atomic E-state index is -0.135. The number of likely N-dealkylation sites (tertiary alicyclic amines) is 1. The van der Waals surface area contributed by atoms with Gasteiger partial charge in [0.25, 0.3) is 5.56 Å². The predicted molar refractivity (Wildman–Crippen MR) is 81.5 cm³/mol. The molecule has 2 heterocycles. The fourth-order valence-corrected chi connectivity index (χ4v) is 2.96.